The van der Waals surface area contributed by atoms with Gasteiger partial charge in [-0.2, -0.15) is 5.26 Å². The van der Waals surface area contributed by atoms with Crippen molar-refractivity contribution in [3.8, 4) is 11.8 Å². The van der Waals surface area contributed by atoms with Gasteiger partial charge in [-0.05, 0) is 30.7 Å². The van der Waals surface area contributed by atoms with Gasteiger partial charge in [0.2, 0.25) is 0 Å². The topological polar surface area (TPSA) is 59.3 Å². The van der Waals surface area contributed by atoms with Crippen LogP contribution in [-0.2, 0) is 16.0 Å². The van der Waals surface area contributed by atoms with E-state index in [9.17, 15) is 4.79 Å². The van der Waals surface area contributed by atoms with Crippen molar-refractivity contribution in [1.29, 1.82) is 5.26 Å². The maximum absolute atomic E-state index is 11.0. The smallest absolute Gasteiger partial charge is 0.330 e. The van der Waals surface area contributed by atoms with Crippen LogP contribution in [0.15, 0.2) is 36.4 Å². The van der Waals surface area contributed by atoms with Crippen LogP contribution in [0.5, 0.6) is 5.75 Å². The first-order valence-electron chi connectivity index (χ1n) is 5.68. The van der Waals surface area contributed by atoms with E-state index in [1.54, 1.807) is 25.1 Å². The van der Waals surface area contributed by atoms with E-state index in [0.717, 1.165) is 5.56 Å². The predicted octanol–water partition coefficient (Wildman–Crippen LogP) is 2.25. The molecule has 4 heteroatoms. The fourth-order valence-electron chi connectivity index (χ4n) is 1.27. The Kier molecular flexibility index (Phi) is 6.05. The Hall–Kier alpha value is -2.28. The average molecular weight is 245 g/mol. The third kappa shape index (κ3) is 5.17. The molecule has 0 fully saturated rings. The van der Waals surface area contributed by atoms with Crippen LogP contribution in [0.1, 0.15) is 12.5 Å². The number of hydrogen-bond acceptors (Lipinski definition) is 4. The molecule has 1 aromatic rings. The van der Waals surface area contributed by atoms with E-state index in [2.05, 4.69) is 6.07 Å². The van der Waals surface area contributed by atoms with Gasteiger partial charge >= 0.3 is 5.97 Å². The highest BCUT2D eigenvalue weighted by Crippen LogP contribution is 2.12. The van der Waals surface area contributed by atoms with Crippen molar-refractivity contribution in [3.63, 3.8) is 0 Å². The highest BCUT2D eigenvalue weighted by molar-refractivity contribution is 5.81. The van der Waals surface area contributed by atoms with Crippen LogP contribution in [0.4, 0.5) is 0 Å². The van der Waals surface area contributed by atoms with Crippen molar-refractivity contribution in [1.82, 2.24) is 0 Å². The van der Waals surface area contributed by atoms with Crippen molar-refractivity contribution >= 4 is 5.97 Å². The van der Waals surface area contributed by atoms with Gasteiger partial charge in [-0.3, -0.25) is 0 Å². The summed E-state index contributed by atoms with van der Waals surface area (Å²) in [6.45, 7) is 2.42. The lowest BCUT2D eigenvalue weighted by Crippen LogP contribution is -2.00. The largest absolute Gasteiger partial charge is 0.490 e. The number of carbonyl (C=O) groups is 1. The highest BCUT2D eigenvalue weighted by Gasteiger charge is 1.95. The molecule has 0 aromatic heterocycles. The predicted molar refractivity (Wildman–Crippen MR) is 67.0 cm³/mol. The second-order valence-electron chi connectivity index (χ2n) is 3.44. The molecule has 0 saturated carbocycles. The molecule has 0 aliphatic rings. The Labute approximate surface area is 106 Å². The molecule has 0 N–H and O–H groups in total. The normalized spacial score (nSPS) is 10.0. The van der Waals surface area contributed by atoms with Crippen molar-refractivity contribution in [2.24, 2.45) is 0 Å². The molecule has 0 bridgehead atoms. The fraction of sp³-hybridized carbons (Fsp3) is 0.286. The summed E-state index contributed by atoms with van der Waals surface area (Å²) in [4.78, 5) is 11.0. The Morgan fingerprint density at radius 1 is 1.39 bits per heavy atom. The Balaban J connectivity index is 2.35. The zero-order chi connectivity index (χ0) is 13.2. The molecule has 0 heterocycles. The summed E-state index contributed by atoms with van der Waals surface area (Å²) in [6.07, 6.45) is 3.33. The van der Waals surface area contributed by atoms with Gasteiger partial charge in [0.1, 0.15) is 12.4 Å². The molecule has 1 aromatic carbocycles. The van der Waals surface area contributed by atoms with Gasteiger partial charge in [0.05, 0.1) is 19.1 Å². The molecule has 0 radical (unpaired) electrons. The number of nitriles is 1. The molecule has 94 valence electrons. The minimum absolute atomic E-state index is 0.302. The lowest BCUT2D eigenvalue weighted by molar-refractivity contribution is -0.137. The standard InChI is InChI=1S/C14H15NO3/c1-2-17-14(16)4-3-11-18-13-7-5-12(6-8-13)9-10-15/h3-8H,2,9,11H2,1H3/b4-3+. The number of benzene rings is 1. The number of rotatable bonds is 6. The highest BCUT2D eigenvalue weighted by atomic mass is 16.5. The first kappa shape index (κ1) is 13.8. The summed E-state index contributed by atoms with van der Waals surface area (Å²) in [6, 6.07) is 9.35. The SMILES string of the molecule is CCOC(=O)/C=C/COc1ccc(CC#N)cc1. The summed E-state index contributed by atoms with van der Waals surface area (Å²) in [5.41, 5.74) is 0.951. The quantitative estimate of drug-likeness (QED) is 0.569. The van der Waals surface area contributed by atoms with Gasteiger partial charge in [-0.1, -0.05) is 12.1 Å². The Morgan fingerprint density at radius 3 is 2.72 bits per heavy atom. The third-order valence-electron chi connectivity index (χ3n) is 2.09. The van der Waals surface area contributed by atoms with Gasteiger partial charge in [0.25, 0.3) is 0 Å². The first-order chi connectivity index (χ1) is 8.76. The van der Waals surface area contributed by atoms with Crippen molar-refractivity contribution < 1.29 is 14.3 Å². The van der Waals surface area contributed by atoms with E-state index >= 15 is 0 Å². The van der Waals surface area contributed by atoms with Crippen LogP contribution >= 0.6 is 0 Å². The van der Waals surface area contributed by atoms with Crippen LogP contribution in [0, 0.1) is 11.3 Å². The van der Waals surface area contributed by atoms with Crippen molar-refractivity contribution in [2.75, 3.05) is 13.2 Å². The van der Waals surface area contributed by atoms with E-state index in [1.165, 1.54) is 6.08 Å². The van der Waals surface area contributed by atoms with Gasteiger partial charge in [-0.25, -0.2) is 4.79 Å². The van der Waals surface area contributed by atoms with E-state index in [1.807, 2.05) is 12.1 Å². The van der Waals surface area contributed by atoms with Crippen LogP contribution in [0.2, 0.25) is 0 Å². The number of esters is 1. The Morgan fingerprint density at radius 2 is 2.11 bits per heavy atom. The Bertz CT molecular complexity index is 443. The van der Waals surface area contributed by atoms with Crippen molar-refractivity contribution in [3.05, 3.63) is 42.0 Å². The monoisotopic (exact) mass is 245 g/mol. The molecule has 0 amide bonds. The number of ether oxygens (including phenoxy) is 2. The summed E-state index contributed by atoms with van der Waals surface area (Å²) in [5.74, 6) is 0.329. The molecule has 1 rings (SSSR count). The summed E-state index contributed by atoms with van der Waals surface area (Å²) in [7, 11) is 0. The molecule has 0 aliphatic heterocycles. The van der Waals surface area contributed by atoms with Gasteiger partial charge in [0, 0.05) is 6.08 Å². The van der Waals surface area contributed by atoms with Crippen LogP contribution in [0.25, 0.3) is 0 Å². The fourth-order valence-corrected chi connectivity index (χ4v) is 1.27. The molecule has 0 saturated heterocycles. The van der Waals surface area contributed by atoms with E-state index < -0.39 is 0 Å². The van der Waals surface area contributed by atoms with Gasteiger partial charge in [0.15, 0.2) is 0 Å². The maximum atomic E-state index is 11.0. The zero-order valence-corrected chi connectivity index (χ0v) is 10.3. The van der Waals surface area contributed by atoms with Crippen molar-refractivity contribution in [2.45, 2.75) is 13.3 Å². The average Bonchev–Trinajstić information content (AvgIpc) is 2.37. The third-order valence-corrected chi connectivity index (χ3v) is 2.09. The molecule has 0 spiro atoms. The molecule has 0 aliphatic carbocycles. The second kappa shape index (κ2) is 7.91. The minimum atomic E-state index is -0.370. The molecule has 0 atom stereocenters. The minimum Gasteiger partial charge on any atom is -0.490 e. The summed E-state index contributed by atoms with van der Waals surface area (Å²) < 4.78 is 10.1. The lowest BCUT2D eigenvalue weighted by Gasteiger charge is -2.03. The van der Waals surface area contributed by atoms with Gasteiger partial charge in [-0.15, -0.1) is 0 Å². The van der Waals surface area contributed by atoms with Gasteiger partial charge < -0.3 is 9.47 Å². The molecule has 0 unspecified atom stereocenters. The van der Waals surface area contributed by atoms with Crippen LogP contribution in [-0.4, -0.2) is 19.2 Å². The molecular weight excluding hydrogens is 230 g/mol. The van der Waals surface area contributed by atoms with Crippen LogP contribution < -0.4 is 4.74 Å². The number of nitrogens with zero attached hydrogens (tertiary/aromatic N) is 1. The van der Waals surface area contributed by atoms with E-state index in [0.29, 0.717) is 25.4 Å². The summed E-state index contributed by atoms with van der Waals surface area (Å²) >= 11 is 0. The molecular formula is C14H15NO3. The van der Waals surface area contributed by atoms with Crippen LogP contribution in [0.3, 0.4) is 0 Å². The first-order valence-corrected chi connectivity index (χ1v) is 5.68. The molecule has 4 nitrogen and oxygen atoms in total. The second-order valence-corrected chi connectivity index (χ2v) is 3.44. The summed E-state index contributed by atoms with van der Waals surface area (Å²) in [5, 5.41) is 8.52. The number of carbonyl (C=O) groups excluding carboxylic acids is 1. The lowest BCUT2D eigenvalue weighted by atomic mass is 10.2. The molecule has 18 heavy (non-hydrogen) atoms. The van der Waals surface area contributed by atoms with E-state index in [4.69, 9.17) is 14.7 Å². The van der Waals surface area contributed by atoms with E-state index in [-0.39, 0.29) is 5.97 Å². The maximum Gasteiger partial charge on any atom is 0.330 e. The number of hydrogen-bond donors (Lipinski definition) is 0. The zero-order valence-electron chi connectivity index (χ0n) is 10.3.